The average Bonchev–Trinajstić information content (AvgIpc) is 2.44. The van der Waals surface area contributed by atoms with E-state index in [9.17, 15) is 13.2 Å². The highest BCUT2D eigenvalue weighted by Gasteiger charge is 2.30. The lowest BCUT2D eigenvalue weighted by atomic mass is 10.2. The Bertz CT molecular complexity index is 562. The summed E-state index contributed by atoms with van der Waals surface area (Å²) in [6, 6.07) is 12.3. The van der Waals surface area contributed by atoms with Gasteiger partial charge in [-0.05, 0) is 17.7 Å². The van der Waals surface area contributed by atoms with Gasteiger partial charge < -0.3 is 0 Å². The Hall–Kier alpha value is -1.75. The van der Waals surface area contributed by atoms with Crippen molar-refractivity contribution in [3.8, 4) is 0 Å². The van der Waals surface area contributed by atoms with Gasteiger partial charge in [-0.2, -0.15) is 13.2 Å². The topological polar surface area (TPSA) is 12.9 Å². The Balaban J connectivity index is 1.87. The third-order valence-corrected chi connectivity index (χ3v) is 3.40. The minimum atomic E-state index is -4.33. The number of nitrogens with zero attached hydrogens (tertiary/aromatic N) is 1. The Kier molecular flexibility index (Phi) is 4.84. The van der Waals surface area contributed by atoms with E-state index >= 15 is 0 Å². The normalized spacial score (nSPS) is 11.9. The molecule has 0 aliphatic heterocycles. The van der Waals surface area contributed by atoms with Gasteiger partial charge in [-0.25, -0.2) is 4.98 Å². The lowest BCUT2D eigenvalue weighted by Gasteiger charge is -2.05. The molecule has 0 aliphatic rings. The standard InChI is InChI=1S/C15H12F3NS/c16-15(17,18)13-8-9-14(19-11-13)20-10-4-7-12-5-2-1-3-6-12/h1-9,11H,10H2. The van der Waals surface area contributed by atoms with Crippen molar-refractivity contribution in [2.45, 2.75) is 11.2 Å². The summed E-state index contributed by atoms with van der Waals surface area (Å²) < 4.78 is 37.1. The zero-order valence-electron chi connectivity index (χ0n) is 10.5. The number of rotatable bonds is 4. The fourth-order valence-corrected chi connectivity index (χ4v) is 2.17. The molecule has 104 valence electrons. The molecule has 5 heteroatoms. The Morgan fingerprint density at radius 1 is 1.05 bits per heavy atom. The first-order chi connectivity index (χ1) is 9.55. The van der Waals surface area contributed by atoms with Gasteiger partial charge in [-0.1, -0.05) is 42.5 Å². The van der Waals surface area contributed by atoms with Crippen LogP contribution in [0.4, 0.5) is 13.2 Å². The van der Waals surface area contributed by atoms with Crippen LogP contribution in [0.25, 0.3) is 6.08 Å². The SMILES string of the molecule is FC(F)(F)c1ccc(SCC=Cc2ccccc2)nc1. The molecule has 0 fully saturated rings. The molecule has 20 heavy (non-hydrogen) atoms. The van der Waals surface area contributed by atoms with Gasteiger partial charge in [0.05, 0.1) is 10.6 Å². The van der Waals surface area contributed by atoms with Crippen molar-refractivity contribution < 1.29 is 13.2 Å². The van der Waals surface area contributed by atoms with Crippen LogP contribution < -0.4 is 0 Å². The summed E-state index contributed by atoms with van der Waals surface area (Å²) in [6.07, 6.45) is 0.461. The monoisotopic (exact) mass is 295 g/mol. The van der Waals surface area contributed by atoms with Crippen molar-refractivity contribution >= 4 is 17.8 Å². The van der Waals surface area contributed by atoms with E-state index in [0.29, 0.717) is 10.8 Å². The molecular weight excluding hydrogens is 283 g/mol. The van der Waals surface area contributed by atoms with Crippen LogP contribution in [-0.2, 0) is 6.18 Å². The summed E-state index contributed by atoms with van der Waals surface area (Å²) in [5.41, 5.74) is 0.371. The van der Waals surface area contributed by atoms with Crippen molar-refractivity contribution in [2.75, 3.05) is 5.75 Å². The van der Waals surface area contributed by atoms with Crippen LogP contribution in [0.2, 0.25) is 0 Å². The number of thioether (sulfide) groups is 1. The van der Waals surface area contributed by atoms with E-state index in [2.05, 4.69) is 4.98 Å². The summed E-state index contributed by atoms with van der Waals surface area (Å²) in [4.78, 5) is 3.80. The second kappa shape index (κ2) is 6.61. The third kappa shape index (κ3) is 4.42. The Morgan fingerprint density at radius 3 is 2.40 bits per heavy atom. The summed E-state index contributed by atoms with van der Waals surface area (Å²) in [5, 5.41) is 0.579. The van der Waals surface area contributed by atoms with Crippen LogP contribution in [0.1, 0.15) is 11.1 Å². The van der Waals surface area contributed by atoms with Crippen LogP contribution >= 0.6 is 11.8 Å². The molecule has 0 spiro atoms. The van der Waals surface area contributed by atoms with E-state index in [1.807, 2.05) is 42.5 Å². The lowest BCUT2D eigenvalue weighted by molar-refractivity contribution is -0.137. The zero-order chi connectivity index (χ0) is 14.4. The Morgan fingerprint density at radius 2 is 1.80 bits per heavy atom. The van der Waals surface area contributed by atoms with Crippen LogP contribution in [0.5, 0.6) is 0 Å². The number of benzene rings is 1. The zero-order valence-corrected chi connectivity index (χ0v) is 11.3. The van der Waals surface area contributed by atoms with Crippen molar-refractivity contribution in [2.24, 2.45) is 0 Å². The largest absolute Gasteiger partial charge is 0.417 e. The molecule has 0 saturated heterocycles. The summed E-state index contributed by atoms with van der Waals surface area (Å²) in [7, 11) is 0. The molecule has 0 unspecified atom stereocenters. The van der Waals surface area contributed by atoms with E-state index in [1.165, 1.54) is 17.8 Å². The van der Waals surface area contributed by atoms with E-state index < -0.39 is 11.7 Å². The molecule has 0 atom stereocenters. The van der Waals surface area contributed by atoms with Gasteiger partial charge >= 0.3 is 6.18 Å². The van der Waals surface area contributed by atoms with Gasteiger partial charge in [0.25, 0.3) is 0 Å². The number of hydrogen-bond acceptors (Lipinski definition) is 2. The third-order valence-electron chi connectivity index (χ3n) is 2.50. The maximum absolute atomic E-state index is 12.4. The van der Waals surface area contributed by atoms with Gasteiger partial charge in [-0.3, -0.25) is 0 Å². The minimum absolute atomic E-state index is 0.579. The van der Waals surface area contributed by atoms with E-state index in [0.717, 1.165) is 17.8 Å². The number of pyridine rings is 1. The highest BCUT2D eigenvalue weighted by molar-refractivity contribution is 7.99. The van der Waals surface area contributed by atoms with Gasteiger partial charge in [0, 0.05) is 11.9 Å². The molecule has 0 saturated carbocycles. The fourth-order valence-electron chi connectivity index (χ4n) is 1.52. The molecular formula is C15H12F3NS. The number of halogens is 3. The van der Waals surface area contributed by atoms with Crippen LogP contribution in [0, 0.1) is 0 Å². The minimum Gasteiger partial charge on any atom is -0.249 e. The maximum Gasteiger partial charge on any atom is 0.417 e. The first-order valence-electron chi connectivity index (χ1n) is 5.93. The molecule has 0 N–H and O–H groups in total. The fraction of sp³-hybridized carbons (Fsp3) is 0.133. The molecule has 0 amide bonds. The molecule has 1 aromatic carbocycles. The van der Waals surface area contributed by atoms with Gasteiger partial charge in [0.15, 0.2) is 0 Å². The van der Waals surface area contributed by atoms with Crippen molar-refractivity contribution in [1.82, 2.24) is 4.98 Å². The van der Waals surface area contributed by atoms with Gasteiger partial charge in [-0.15, -0.1) is 11.8 Å². The van der Waals surface area contributed by atoms with Crippen LogP contribution in [0.15, 0.2) is 59.8 Å². The smallest absolute Gasteiger partial charge is 0.249 e. The van der Waals surface area contributed by atoms with E-state index in [4.69, 9.17) is 0 Å². The quantitative estimate of drug-likeness (QED) is 0.744. The summed E-state index contributed by atoms with van der Waals surface area (Å²) >= 11 is 1.39. The maximum atomic E-state index is 12.4. The van der Waals surface area contributed by atoms with Gasteiger partial charge in [0.1, 0.15) is 0 Å². The molecule has 1 heterocycles. The van der Waals surface area contributed by atoms with E-state index in [1.54, 1.807) is 0 Å². The first-order valence-corrected chi connectivity index (χ1v) is 6.92. The van der Waals surface area contributed by atoms with Crippen molar-refractivity contribution in [1.29, 1.82) is 0 Å². The predicted octanol–water partition coefficient (Wildman–Crippen LogP) is 4.91. The molecule has 0 bridgehead atoms. The average molecular weight is 295 g/mol. The highest BCUT2D eigenvalue weighted by atomic mass is 32.2. The molecule has 0 radical (unpaired) electrons. The Labute approximate surface area is 119 Å². The van der Waals surface area contributed by atoms with Crippen LogP contribution in [-0.4, -0.2) is 10.7 Å². The predicted molar refractivity (Wildman–Crippen MR) is 75.4 cm³/mol. The summed E-state index contributed by atoms with van der Waals surface area (Å²) in [5.74, 6) is 0.660. The molecule has 1 aromatic heterocycles. The summed E-state index contributed by atoms with van der Waals surface area (Å²) in [6.45, 7) is 0. The van der Waals surface area contributed by atoms with E-state index in [-0.39, 0.29) is 0 Å². The highest BCUT2D eigenvalue weighted by Crippen LogP contribution is 2.29. The number of aromatic nitrogens is 1. The van der Waals surface area contributed by atoms with Gasteiger partial charge in [0.2, 0.25) is 0 Å². The number of alkyl halides is 3. The van der Waals surface area contributed by atoms with Crippen molar-refractivity contribution in [3.63, 3.8) is 0 Å². The molecule has 0 aliphatic carbocycles. The second-order valence-electron chi connectivity index (χ2n) is 4.01. The molecule has 2 aromatic rings. The lowest BCUT2D eigenvalue weighted by Crippen LogP contribution is -2.05. The number of hydrogen-bond donors (Lipinski definition) is 0. The molecule has 2 rings (SSSR count). The second-order valence-corrected chi connectivity index (χ2v) is 5.05. The van der Waals surface area contributed by atoms with Crippen molar-refractivity contribution in [3.05, 3.63) is 65.9 Å². The molecule has 1 nitrogen and oxygen atoms in total. The van der Waals surface area contributed by atoms with Crippen LogP contribution in [0.3, 0.4) is 0 Å². The first kappa shape index (κ1) is 14.7.